The van der Waals surface area contributed by atoms with Gasteiger partial charge in [-0.1, -0.05) is 53.3 Å². The molecule has 3 aromatic carbocycles. The van der Waals surface area contributed by atoms with Crippen molar-refractivity contribution < 1.29 is 36.9 Å². The highest BCUT2D eigenvalue weighted by Crippen LogP contribution is 2.38. The Bertz CT molecular complexity index is 1950. The lowest BCUT2D eigenvalue weighted by Crippen LogP contribution is -2.41. The van der Waals surface area contributed by atoms with Gasteiger partial charge in [0.2, 0.25) is 6.79 Å². The van der Waals surface area contributed by atoms with Crippen molar-refractivity contribution in [1.82, 2.24) is 4.57 Å². The summed E-state index contributed by atoms with van der Waals surface area (Å²) in [6.45, 7) is 1.77. The molecular weight excluding hydrogens is 621 g/mol. The number of nitrogens with zero attached hydrogens (tertiary/aromatic N) is 2. The number of rotatable bonds is 7. The lowest BCUT2D eigenvalue weighted by atomic mass is 9.95. The summed E-state index contributed by atoms with van der Waals surface area (Å²) in [5.41, 5.74) is -1.06. The molecule has 13 heteroatoms. The number of hydrogen-bond donors (Lipinski definition) is 0. The fraction of sp³-hybridized carbons (Fsp3) is 0.194. The molecule has 1 atom stereocenters. The molecule has 0 N–H and O–H groups in total. The van der Waals surface area contributed by atoms with Crippen molar-refractivity contribution in [3.05, 3.63) is 119 Å². The van der Waals surface area contributed by atoms with Gasteiger partial charge in [-0.2, -0.15) is 13.2 Å². The van der Waals surface area contributed by atoms with Crippen LogP contribution in [0.25, 0.3) is 6.08 Å². The third kappa shape index (κ3) is 5.82. The average molecular weight is 643 g/mol. The number of carbonyl (C=O) groups excluding carboxylic acids is 1. The van der Waals surface area contributed by atoms with Crippen LogP contribution in [0.5, 0.6) is 17.2 Å². The van der Waals surface area contributed by atoms with Gasteiger partial charge >= 0.3 is 12.1 Å². The summed E-state index contributed by atoms with van der Waals surface area (Å²) >= 11 is 6.81. The number of alkyl halides is 3. The van der Waals surface area contributed by atoms with Crippen molar-refractivity contribution >= 4 is 35.0 Å². The quantitative estimate of drug-likeness (QED) is 0.254. The maximum atomic E-state index is 14.3. The van der Waals surface area contributed by atoms with Gasteiger partial charge < -0.3 is 18.9 Å². The Labute approximate surface area is 256 Å². The van der Waals surface area contributed by atoms with Crippen LogP contribution >= 0.6 is 22.9 Å². The molecule has 3 heterocycles. The fourth-order valence-corrected chi connectivity index (χ4v) is 5.94. The standard InChI is InChI=1S/C31H22ClF3N2O6S/c1-2-40-29(39)25-26(19-6-8-20(32)9-7-19)37-28(38)24(44-30(37)36-27(25)31(33,34)35)14-17-3-10-21(11-4-17)41-15-18-5-12-22-23(13-18)43-16-42-22/h3-14,26H,2,15-16H2,1H3/b24-14-/t26-/m1/s1. The maximum absolute atomic E-state index is 14.3. The first-order valence-electron chi connectivity index (χ1n) is 13.3. The number of benzene rings is 3. The fourth-order valence-electron chi connectivity index (χ4n) is 4.81. The monoisotopic (exact) mass is 642 g/mol. The van der Waals surface area contributed by atoms with Crippen molar-refractivity contribution in [2.75, 3.05) is 13.4 Å². The molecule has 0 saturated carbocycles. The van der Waals surface area contributed by atoms with Crippen molar-refractivity contribution in [2.24, 2.45) is 4.99 Å². The molecule has 2 aliphatic rings. The highest BCUT2D eigenvalue weighted by molar-refractivity contribution is 7.07. The topological polar surface area (TPSA) is 88.4 Å². The molecular formula is C31H22ClF3N2O6S. The number of allylic oxidation sites excluding steroid dienone is 1. The van der Waals surface area contributed by atoms with Crippen molar-refractivity contribution in [3.63, 3.8) is 0 Å². The summed E-state index contributed by atoms with van der Waals surface area (Å²) < 4.78 is 65.6. The molecule has 1 aromatic heterocycles. The number of carbonyl (C=O) groups is 1. The molecule has 0 saturated heterocycles. The summed E-state index contributed by atoms with van der Waals surface area (Å²) in [7, 11) is 0. The molecule has 2 aliphatic heterocycles. The molecule has 226 valence electrons. The predicted octanol–water partition coefficient (Wildman–Crippen LogP) is 5.30. The van der Waals surface area contributed by atoms with Gasteiger partial charge in [-0.05, 0) is 66.1 Å². The van der Waals surface area contributed by atoms with Gasteiger partial charge in [0.05, 0.1) is 22.8 Å². The highest BCUT2D eigenvalue weighted by atomic mass is 35.5. The van der Waals surface area contributed by atoms with E-state index in [0.29, 0.717) is 27.8 Å². The van der Waals surface area contributed by atoms with E-state index < -0.39 is 35.0 Å². The summed E-state index contributed by atoms with van der Waals surface area (Å²) in [5, 5.41) is 0.335. The molecule has 0 aliphatic carbocycles. The molecule has 0 bridgehead atoms. The van der Waals surface area contributed by atoms with Gasteiger partial charge in [0.15, 0.2) is 22.0 Å². The number of hydrogen-bond acceptors (Lipinski definition) is 8. The number of thiazole rings is 1. The van der Waals surface area contributed by atoms with E-state index in [4.69, 9.17) is 30.5 Å². The van der Waals surface area contributed by atoms with Gasteiger partial charge in [-0.25, -0.2) is 9.79 Å². The van der Waals surface area contributed by atoms with Crippen LogP contribution in [-0.4, -0.2) is 30.1 Å². The molecule has 0 unspecified atom stereocenters. The van der Waals surface area contributed by atoms with Crippen LogP contribution in [0, 0.1) is 0 Å². The second-order valence-corrected chi connectivity index (χ2v) is 11.1. The van der Waals surface area contributed by atoms with E-state index in [-0.39, 0.29) is 34.9 Å². The first kappa shape index (κ1) is 29.5. The molecule has 8 nitrogen and oxygen atoms in total. The van der Waals surface area contributed by atoms with Crippen LogP contribution in [0.4, 0.5) is 13.2 Å². The van der Waals surface area contributed by atoms with Crippen LogP contribution in [0.2, 0.25) is 5.02 Å². The molecule has 0 spiro atoms. The highest BCUT2D eigenvalue weighted by Gasteiger charge is 2.45. The van der Waals surface area contributed by atoms with E-state index in [2.05, 4.69) is 4.99 Å². The maximum Gasteiger partial charge on any atom is 0.434 e. The zero-order valence-electron chi connectivity index (χ0n) is 22.9. The van der Waals surface area contributed by atoms with Crippen LogP contribution < -0.4 is 29.1 Å². The van der Waals surface area contributed by atoms with E-state index in [1.54, 1.807) is 30.3 Å². The van der Waals surface area contributed by atoms with E-state index in [1.165, 1.54) is 31.2 Å². The van der Waals surface area contributed by atoms with E-state index >= 15 is 0 Å². The first-order chi connectivity index (χ1) is 21.1. The minimum absolute atomic E-state index is 0.128. The summed E-state index contributed by atoms with van der Waals surface area (Å²) in [6.07, 6.45) is -3.44. The van der Waals surface area contributed by atoms with Crippen LogP contribution in [0.1, 0.15) is 29.7 Å². The van der Waals surface area contributed by atoms with E-state index in [9.17, 15) is 22.8 Å². The van der Waals surface area contributed by atoms with Gasteiger partial charge in [-0.3, -0.25) is 9.36 Å². The number of esters is 1. The number of fused-ring (bicyclic) bond motifs is 2. The minimum atomic E-state index is -4.99. The Morgan fingerprint density at radius 1 is 1.09 bits per heavy atom. The minimum Gasteiger partial charge on any atom is -0.489 e. The van der Waals surface area contributed by atoms with Crippen molar-refractivity contribution in [1.29, 1.82) is 0 Å². The summed E-state index contributed by atoms with van der Waals surface area (Å²) in [6, 6.07) is 16.8. The molecule has 44 heavy (non-hydrogen) atoms. The zero-order valence-corrected chi connectivity index (χ0v) is 24.5. The van der Waals surface area contributed by atoms with Crippen molar-refractivity contribution in [2.45, 2.75) is 25.7 Å². The molecule has 0 radical (unpaired) electrons. The smallest absolute Gasteiger partial charge is 0.434 e. The Kier molecular flexibility index (Phi) is 7.95. The SMILES string of the molecule is CCOC(=O)C1=C(C(F)(F)F)N=c2s/c(=C\c3ccc(OCc4ccc5c(c4)OCO5)cc3)c(=O)n2[C@@H]1c1ccc(Cl)cc1. The predicted molar refractivity (Wildman–Crippen MR) is 156 cm³/mol. The normalized spacial score (nSPS) is 16.0. The molecule has 0 amide bonds. The molecule has 4 aromatic rings. The second-order valence-electron chi connectivity index (χ2n) is 9.66. The van der Waals surface area contributed by atoms with Gasteiger partial charge in [0, 0.05) is 5.02 Å². The van der Waals surface area contributed by atoms with E-state index in [0.717, 1.165) is 21.5 Å². The Balaban J connectivity index is 1.35. The number of aromatic nitrogens is 1. The lowest BCUT2D eigenvalue weighted by Gasteiger charge is -2.26. The molecule has 6 rings (SSSR count). The number of ether oxygens (including phenoxy) is 4. The Hall–Kier alpha value is -4.55. The van der Waals surface area contributed by atoms with E-state index in [1.807, 2.05) is 18.2 Å². The summed E-state index contributed by atoms with van der Waals surface area (Å²) in [4.78, 5) is 30.2. The van der Waals surface area contributed by atoms with Crippen LogP contribution in [0.3, 0.4) is 0 Å². The van der Waals surface area contributed by atoms with Gasteiger partial charge in [-0.15, -0.1) is 0 Å². The summed E-state index contributed by atoms with van der Waals surface area (Å²) in [5.74, 6) is 0.680. The number of halogens is 4. The largest absolute Gasteiger partial charge is 0.489 e. The Morgan fingerprint density at radius 3 is 2.52 bits per heavy atom. The lowest BCUT2D eigenvalue weighted by molar-refractivity contribution is -0.140. The van der Waals surface area contributed by atoms with Crippen LogP contribution in [0.15, 0.2) is 87.8 Å². The zero-order chi connectivity index (χ0) is 31.0. The third-order valence-corrected chi connectivity index (χ3v) is 8.04. The first-order valence-corrected chi connectivity index (χ1v) is 14.5. The van der Waals surface area contributed by atoms with Gasteiger partial charge in [0.1, 0.15) is 12.4 Å². The average Bonchev–Trinajstić information content (AvgIpc) is 3.59. The van der Waals surface area contributed by atoms with Crippen LogP contribution in [-0.2, 0) is 16.1 Å². The second kappa shape index (κ2) is 11.9. The third-order valence-electron chi connectivity index (χ3n) is 6.80. The van der Waals surface area contributed by atoms with Crippen molar-refractivity contribution in [3.8, 4) is 17.2 Å². The molecule has 0 fully saturated rings. The Morgan fingerprint density at radius 2 is 1.82 bits per heavy atom. The van der Waals surface area contributed by atoms with Gasteiger partial charge in [0.25, 0.3) is 5.56 Å².